The molecule has 0 atom stereocenters. The fourth-order valence-corrected chi connectivity index (χ4v) is 9.02. The number of hydrogen-bond acceptors (Lipinski definition) is 2. The first-order valence-corrected chi connectivity index (χ1v) is 11.9. The Kier molecular flexibility index (Phi) is 5.75. The Labute approximate surface area is 160 Å². The van der Waals surface area contributed by atoms with Gasteiger partial charge in [0.2, 0.25) is 0 Å². The number of halogens is 1. The summed E-state index contributed by atoms with van der Waals surface area (Å²) in [4.78, 5) is 0.931. The molecule has 0 amide bonds. The summed E-state index contributed by atoms with van der Waals surface area (Å²) in [7, 11) is -2.21. The van der Waals surface area contributed by atoms with Crippen molar-refractivity contribution in [3.8, 4) is 0 Å². The molecule has 0 N–H and O–H groups in total. The van der Waals surface area contributed by atoms with Crippen molar-refractivity contribution in [2.24, 2.45) is 0 Å². The van der Waals surface area contributed by atoms with Crippen molar-refractivity contribution in [2.75, 3.05) is 6.23 Å². The lowest BCUT2D eigenvalue weighted by molar-refractivity contribution is 0.160. The van der Waals surface area contributed by atoms with E-state index in [1.165, 1.54) is 27.1 Å². The van der Waals surface area contributed by atoms with Gasteiger partial charge in [0.1, 0.15) is 13.9 Å². The van der Waals surface area contributed by atoms with Gasteiger partial charge in [-0.05, 0) is 11.1 Å². The summed E-state index contributed by atoms with van der Waals surface area (Å²) in [6.07, 6.45) is 0.671. The van der Waals surface area contributed by atoms with Gasteiger partial charge in [0.05, 0.1) is 6.61 Å². The number of benzene rings is 2. The molecule has 0 saturated carbocycles. The lowest BCUT2D eigenvalue weighted by Crippen LogP contribution is -2.67. The highest BCUT2D eigenvalue weighted by Crippen LogP contribution is 2.36. The van der Waals surface area contributed by atoms with Gasteiger partial charge < -0.3 is 4.74 Å². The fourth-order valence-electron chi connectivity index (χ4n) is 3.60. The highest BCUT2D eigenvalue weighted by atomic mass is 32.1. The van der Waals surface area contributed by atoms with E-state index < -0.39 is 8.07 Å². The standard InChI is InChI=1S/C22H25FOSSi/c1-22(2,3)26(20-10-6-4-7-11-20,21-12-8-5-9-13-21)17-24-15-19-14-18(23)16-25-19/h4-14,16H,15,17H2,1-3H3. The molecule has 1 nitrogen and oxygen atoms in total. The Hall–Kier alpha value is -1.75. The Bertz CT molecular complexity index is 785. The van der Waals surface area contributed by atoms with Gasteiger partial charge in [-0.15, -0.1) is 11.3 Å². The van der Waals surface area contributed by atoms with Crippen LogP contribution in [0.25, 0.3) is 0 Å². The number of rotatable bonds is 6. The SMILES string of the molecule is CC(C)(C)[Si](COCc1cc(F)cs1)(c1ccccc1)c1ccccc1. The van der Waals surface area contributed by atoms with Crippen LogP contribution in [0.5, 0.6) is 0 Å². The molecule has 0 radical (unpaired) electrons. The first-order valence-electron chi connectivity index (χ1n) is 8.85. The van der Waals surface area contributed by atoms with Crippen LogP contribution in [-0.4, -0.2) is 14.3 Å². The Morgan fingerprint density at radius 2 is 1.46 bits per heavy atom. The third kappa shape index (κ3) is 3.82. The van der Waals surface area contributed by atoms with E-state index >= 15 is 0 Å². The normalized spacial score (nSPS) is 12.3. The lowest BCUT2D eigenvalue weighted by Gasteiger charge is -2.43. The highest BCUT2D eigenvalue weighted by molar-refractivity contribution is 7.10. The average Bonchev–Trinajstić information content (AvgIpc) is 3.04. The van der Waals surface area contributed by atoms with Crippen LogP contribution in [0.3, 0.4) is 0 Å². The second kappa shape index (κ2) is 7.87. The van der Waals surface area contributed by atoms with Gasteiger partial charge in [-0.3, -0.25) is 0 Å². The molecule has 3 aromatic rings. The van der Waals surface area contributed by atoms with Gasteiger partial charge in [0.15, 0.2) is 0 Å². The number of ether oxygens (including phenoxy) is 1. The van der Waals surface area contributed by atoms with Crippen LogP contribution in [0, 0.1) is 5.82 Å². The summed E-state index contributed by atoms with van der Waals surface area (Å²) in [6.45, 7) is 7.40. The van der Waals surface area contributed by atoms with E-state index in [4.69, 9.17) is 4.74 Å². The maximum absolute atomic E-state index is 13.3. The zero-order valence-electron chi connectivity index (χ0n) is 15.5. The van der Waals surface area contributed by atoms with Gasteiger partial charge in [-0.25, -0.2) is 4.39 Å². The first kappa shape index (κ1) is 19.0. The summed E-state index contributed by atoms with van der Waals surface area (Å²) < 4.78 is 19.5. The van der Waals surface area contributed by atoms with Crippen LogP contribution in [0.4, 0.5) is 4.39 Å². The first-order chi connectivity index (χ1) is 12.4. The molecule has 0 saturated heterocycles. The molecule has 1 heterocycles. The average molecular weight is 385 g/mol. The largest absolute Gasteiger partial charge is 0.378 e. The molecule has 0 unspecified atom stereocenters. The molecule has 1 aromatic heterocycles. The summed E-state index contributed by atoms with van der Waals surface area (Å²) in [6, 6.07) is 23.1. The Morgan fingerprint density at radius 3 is 1.88 bits per heavy atom. The van der Waals surface area contributed by atoms with Crippen LogP contribution < -0.4 is 10.4 Å². The van der Waals surface area contributed by atoms with E-state index in [1.807, 2.05) is 0 Å². The van der Waals surface area contributed by atoms with Crippen LogP contribution in [0.2, 0.25) is 5.04 Å². The molecule has 0 fully saturated rings. The molecule has 136 valence electrons. The zero-order valence-corrected chi connectivity index (χ0v) is 17.4. The van der Waals surface area contributed by atoms with Crippen molar-refractivity contribution in [1.29, 1.82) is 0 Å². The molecule has 0 aliphatic rings. The zero-order chi connectivity index (χ0) is 18.6. The van der Waals surface area contributed by atoms with Crippen molar-refractivity contribution >= 4 is 29.8 Å². The molecule has 26 heavy (non-hydrogen) atoms. The predicted molar refractivity (Wildman–Crippen MR) is 112 cm³/mol. The smallest absolute Gasteiger partial charge is 0.150 e. The second-order valence-electron chi connectivity index (χ2n) is 7.61. The summed E-state index contributed by atoms with van der Waals surface area (Å²) in [5.74, 6) is -0.181. The molecule has 0 bridgehead atoms. The Balaban J connectivity index is 1.99. The highest BCUT2D eigenvalue weighted by Gasteiger charge is 2.47. The monoisotopic (exact) mass is 384 g/mol. The minimum Gasteiger partial charge on any atom is -0.378 e. The number of hydrogen-bond donors (Lipinski definition) is 0. The van der Waals surface area contributed by atoms with E-state index in [-0.39, 0.29) is 10.9 Å². The van der Waals surface area contributed by atoms with Crippen LogP contribution >= 0.6 is 11.3 Å². The third-order valence-corrected chi connectivity index (χ3v) is 11.7. The van der Waals surface area contributed by atoms with E-state index in [0.717, 1.165) is 4.88 Å². The molecule has 0 spiro atoms. The minimum atomic E-state index is -2.21. The van der Waals surface area contributed by atoms with Crippen LogP contribution in [0.15, 0.2) is 72.1 Å². The van der Waals surface area contributed by atoms with Gasteiger partial charge in [-0.1, -0.05) is 91.8 Å². The maximum Gasteiger partial charge on any atom is 0.150 e. The van der Waals surface area contributed by atoms with E-state index in [9.17, 15) is 4.39 Å². The van der Waals surface area contributed by atoms with Crippen molar-refractivity contribution in [3.63, 3.8) is 0 Å². The molecule has 4 heteroatoms. The Morgan fingerprint density at radius 1 is 0.923 bits per heavy atom. The molecular weight excluding hydrogens is 359 g/mol. The topological polar surface area (TPSA) is 9.23 Å². The molecule has 0 aliphatic carbocycles. The molecular formula is C22H25FOSSi. The van der Waals surface area contributed by atoms with Crippen molar-refractivity contribution in [2.45, 2.75) is 32.4 Å². The maximum atomic E-state index is 13.3. The minimum absolute atomic E-state index is 0.0659. The molecule has 0 aliphatic heterocycles. The van der Waals surface area contributed by atoms with Gasteiger partial charge in [0, 0.05) is 16.5 Å². The quantitative estimate of drug-likeness (QED) is 0.543. The molecule has 3 rings (SSSR count). The number of thiophene rings is 1. The van der Waals surface area contributed by atoms with Gasteiger partial charge in [0.25, 0.3) is 0 Å². The summed E-state index contributed by atoms with van der Waals surface area (Å²) in [5, 5.41) is 4.34. The van der Waals surface area contributed by atoms with Crippen molar-refractivity contribution in [1.82, 2.24) is 0 Å². The van der Waals surface area contributed by atoms with Crippen LogP contribution in [-0.2, 0) is 11.3 Å². The lowest BCUT2D eigenvalue weighted by atomic mass is 10.2. The summed E-state index contributed by atoms with van der Waals surface area (Å²) >= 11 is 1.41. The van der Waals surface area contributed by atoms with E-state index in [1.54, 1.807) is 6.07 Å². The second-order valence-corrected chi connectivity index (χ2v) is 13.4. The van der Waals surface area contributed by atoms with Gasteiger partial charge >= 0.3 is 0 Å². The van der Waals surface area contributed by atoms with Crippen molar-refractivity contribution in [3.05, 3.63) is 82.8 Å². The fraction of sp³-hybridized carbons (Fsp3) is 0.273. The third-order valence-electron chi connectivity index (χ3n) is 5.00. The molecule has 2 aromatic carbocycles. The van der Waals surface area contributed by atoms with Gasteiger partial charge in [-0.2, -0.15) is 0 Å². The van der Waals surface area contributed by atoms with E-state index in [0.29, 0.717) is 12.8 Å². The van der Waals surface area contributed by atoms with Crippen molar-refractivity contribution < 1.29 is 9.13 Å². The van der Waals surface area contributed by atoms with Crippen LogP contribution in [0.1, 0.15) is 25.6 Å². The predicted octanol–water partition coefficient (Wildman–Crippen LogP) is 5.01. The van der Waals surface area contributed by atoms with E-state index in [2.05, 4.69) is 81.4 Å². The summed E-state index contributed by atoms with van der Waals surface area (Å²) in [5.41, 5.74) is 0.